The molecule has 0 bridgehead atoms. The number of halogens is 4. The molecule has 10 heteroatoms. The van der Waals surface area contributed by atoms with E-state index >= 15 is 4.39 Å². The Balaban J connectivity index is 1.48. The summed E-state index contributed by atoms with van der Waals surface area (Å²) in [7, 11) is 0. The lowest BCUT2D eigenvalue weighted by molar-refractivity contribution is 0.101. The SMILES string of the molecule is O=C(Nc1ccc(F)c(C(=O)c2ccc3ncc(-c4cccnc4)nc3c2)c1F)c1ccc(F)c(F)c1. The number of hydrogen-bond acceptors (Lipinski definition) is 5. The van der Waals surface area contributed by atoms with E-state index in [0.29, 0.717) is 28.4 Å². The number of benzene rings is 3. The van der Waals surface area contributed by atoms with Crippen molar-refractivity contribution in [3.63, 3.8) is 0 Å². The molecule has 6 nitrogen and oxygen atoms in total. The first-order chi connectivity index (χ1) is 17.8. The van der Waals surface area contributed by atoms with Crippen LogP contribution in [0.1, 0.15) is 26.3 Å². The fourth-order valence-corrected chi connectivity index (χ4v) is 3.64. The molecular formula is C27H14F4N4O2. The van der Waals surface area contributed by atoms with Crippen LogP contribution in [-0.4, -0.2) is 26.6 Å². The molecule has 2 heterocycles. The number of carbonyl (C=O) groups is 2. The molecule has 0 radical (unpaired) electrons. The molecule has 0 saturated heterocycles. The van der Waals surface area contributed by atoms with Crippen LogP contribution >= 0.6 is 0 Å². The highest BCUT2D eigenvalue weighted by Gasteiger charge is 2.24. The van der Waals surface area contributed by atoms with Crippen LogP contribution < -0.4 is 5.32 Å². The van der Waals surface area contributed by atoms with Crippen molar-refractivity contribution >= 4 is 28.4 Å². The first-order valence-corrected chi connectivity index (χ1v) is 10.8. The number of anilines is 1. The summed E-state index contributed by atoms with van der Waals surface area (Å²) >= 11 is 0. The third kappa shape index (κ3) is 4.64. The molecule has 0 aliphatic carbocycles. The van der Waals surface area contributed by atoms with Crippen molar-refractivity contribution < 1.29 is 27.2 Å². The van der Waals surface area contributed by atoms with Gasteiger partial charge in [0.25, 0.3) is 5.91 Å². The molecule has 5 rings (SSSR count). The van der Waals surface area contributed by atoms with Gasteiger partial charge in [0, 0.05) is 29.1 Å². The Morgan fingerprint density at radius 2 is 1.54 bits per heavy atom. The third-order valence-corrected chi connectivity index (χ3v) is 5.51. The van der Waals surface area contributed by atoms with Crippen LogP contribution in [-0.2, 0) is 0 Å². The largest absolute Gasteiger partial charge is 0.319 e. The first-order valence-electron chi connectivity index (χ1n) is 10.8. The van der Waals surface area contributed by atoms with E-state index in [0.717, 1.165) is 24.3 Å². The number of fused-ring (bicyclic) bond motifs is 1. The van der Waals surface area contributed by atoms with Crippen LogP contribution in [0, 0.1) is 23.3 Å². The second-order valence-electron chi connectivity index (χ2n) is 7.90. The smallest absolute Gasteiger partial charge is 0.255 e. The molecule has 5 aromatic rings. The maximum absolute atomic E-state index is 15.2. The topological polar surface area (TPSA) is 84.8 Å². The molecule has 2 aromatic heterocycles. The lowest BCUT2D eigenvalue weighted by Crippen LogP contribution is -2.16. The monoisotopic (exact) mass is 502 g/mol. The molecule has 0 aliphatic heterocycles. The molecular weight excluding hydrogens is 488 g/mol. The summed E-state index contributed by atoms with van der Waals surface area (Å²) in [5.74, 6) is -6.87. The molecule has 3 aromatic carbocycles. The lowest BCUT2D eigenvalue weighted by Gasteiger charge is -2.11. The number of ketones is 1. The van der Waals surface area contributed by atoms with Crippen LogP contribution in [0.2, 0.25) is 0 Å². The maximum Gasteiger partial charge on any atom is 0.255 e. The van der Waals surface area contributed by atoms with Crippen molar-refractivity contribution in [3.8, 4) is 11.3 Å². The van der Waals surface area contributed by atoms with Crippen LogP contribution in [0.15, 0.2) is 79.3 Å². The predicted octanol–water partition coefficient (Wildman–Crippen LogP) is 5.73. The number of aromatic nitrogens is 3. The van der Waals surface area contributed by atoms with Crippen LogP contribution in [0.3, 0.4) is 0 Å². The van der Waals surface area contributed by atoms with E-state index in [-0.39, 0.29) is 11.1 Å². The van der Waals surface area contributed by atoms with Gasteiger partial charge in [-0.25, -0.2) is 22.5 Å². The molecule has 0 unspecified atom stereocenters. The summed E-state index contributed by atoms with van der Waals surface area (Å²) < 4.78 is 56.5. The highest BCUT2D eigenvalue weighted by molar-refractivity contribution is 6.12. The second kappa shape index (κ2) is 9.57. The average Bonchev–Trinajstić information content (AvgIpc) is 2.91. The highest BCUT2D eigenvalue weighted by atomic mass is 19.2. The normalized spacial score (nSPS) is 10.9. The van der Waals surface area contributed by atoms with Crippen molar-refractivity contribution in [2.45, 2.75) is 0 Å². The van der Waals surface area contributed by atoms with Gasteiger partial charge in [0.1, 0.15) is 5.82 Å². The van der Waals surface area contributed by atoms with Gasteiger partial charge < -0.3 is 5.32 Å². The minimum absolute atomic E-state index is 0.0629. The minimum Gasteiger partial charge on any atom is -0.319 e. The molecule has 0 saturated carbocycles. The van der Waals surface area contributed by atoms with Crippen LogP contribution in [0.4, 0.5) is 23.2 Å². The fourth-order valence-electron chi connectivity index (χ4n) is 3.64. The molecule has 182 valence electrons. The minimum atomic E-state index is -1.32. The Kier molecular flexibility index (Phi) is 6.14. The van der Waals surface area contributed by atoms with E-state index in [1.165, 1.54) is 18.2 Å². The summed E-state index contributed by atoms with van der Waals surface area (Å²) in [6.45, 7) is 0. The number of nitrogens with zero attached hydrogens (tertiary/aromatic N) is 3. The van der Waals surface area contributed by atoms with Crippen LogP contribution in [0.25, 0.3) is 22.3 Å². The van der Waals surface area contributed by atoms with Gasteiger partial charge in [0.15, 0.2) is 23.2 Å². The zero-order valence-corrected chi connectivity index (χ0v) is 18.7. The standard InChI is InChI=1S/C27H14F4N4O2/c28-17-5-3-15(10-19(17)30)27(37)35-21-8-6-18(29)24(25(21)31)26(36)14-4-7-20-22(11-14)34-23(13-33-20)16-2-1-9-32-12-16/h1-13H,(H,35,37). The van der Waals surface area contributed by atoms with Gasteiger partial charge in [-0.15, -0.1) is 0 Å². The highest BCUT2D eigenvalue weighted by Crippen LogP contribution is 2.26. The van der Waals surface area contributed by atoms with E-state index in [4.69, 9.17) is 0 Å². The molecule has 0 fully saturated rings. The van der Waals surface area contributed by atoms with Gasteiger partial charge in [-0.1, -0.05) is 0 Å². The quantitative estimate of drug-likeness (QED) is 0.245. The van der Waals surface area contributed by atoms with Crippen molar-refractivity contribution in [2.75, 3.05) is 5.32 Å². The number of rotatable bonds is 5. The fraction of sp³-hybridized carbons (Fsp3) is 0. The second-order valence-corrected chi connectivity index (χ2v) is 7.90. The summed E-state index contributed by atoms with van der Waals surface area (Å²) in [6.07, 6.45) is 4.74. The van der Waals surface area contributed by atoms with Gasteiger partial charge in [0.05, 0.1) is 34.2 Å². The van der Waals surface area contributed by atoms with Crippen molar-refractivity contribution in [2.24, 2.45) is 0 Å². The zero-order valence-electron chi connectivity index (χ0n) is 18.7. The van der Waals surface area contributed by atoms with E-state index < -0.39 is 46.2 Å². The summed E-state index contributed by atoms with van der Waals surface area (Å²) in [5.41, 5.74) is 0.172. The van der Waals surface area contributed by atoms with Crippen LogP contribution in [0.5, 0.6) is 0 Å². The number of nitrogens with one attached hydrogen (secondary N) is 1. The van der Waals surface area contributed by atoms with Gasteiger partial charge >= 0.3 is 0 Å². The number of hydrogen-bond donors (Lipinski definition) is 1. The van der Waals surface area contributed by atoms with E-state index in [1.807, 2.05) is 0 Å². The molecule has 0 spiro atoms. The van der Waals surface area contributed by atoms with Crippen molar-refractivity contribution in [3.05, 3.63) is 119 Å². The Labute approximate surface area is 206 Å². The third-order valence-electron chi connectivity index (χ3n) is 5.51. The predicted molar refractivity (Wildman–Crippen MR) is 127 cm³/mol. The molecule has 0 atom stereocenters. The summed E-state index contributed by atoms with van der Waals surface area (Å²) in [5, 5.41) is 2.15. The Morgan fingerprint density at radius 3 is 2.30 bits per heavy atom. The maximum atomic E-state index is 15.2. The zero-order chi connectivity index (χ0) is 26.1. The van der Waals surface area contributed by atoms with E-state index in [1.54, 1.807) is 30.7 Å². The molecule has 37 heavy (non-hydrogen) atoms. The Bertz CT molecular complexity index is 1690. The number of pyridine rings is 1. The average molecular weight is 502 g/mol. The number of amides is 1. The van der Waals surface area contributed by atoms with Gasteiger partial charge in [-0.05, 0) is 60.7 Å². The lowest BCUT2D eigenvalue weighted by atomic mass is 10.0. The summed E-state index contributed by atoms with van der Waals surface area (Å²) in [4.78, 5) is 38.3. The Hall–Kier alpha value is -4.99. The first kappa shape index (κ1) is 23.7. The molecule has 0 aliphatic rings. The van der Waals surface area contributed by atoms with Gasteiger partial charge in [-0.3, -0.25) is 19.6 Å². The Morgan fingerprint density at radius 1 is 0.757 bits per heavy atom. The van der Waals surface area contributed by atoms with Gasteiger partial charge in [-0.2, -0.15) is 0 Å². The molecule has 1 amide bonds. The van der Waals surface area contributed by atoms with Gasteiger partial charge in [0.2, 0.25) is 0 Å². The van der Waals surface area contributed by atoms with E-state index in [9.17, 15) is 22.8 Å². The summed E-state index contributed by atoms with van der Waals surface area (Å²) in [6, 6.07) is 11.8. The number of carbonyl (C=O) groups excluding carboxylic acids is 2. The molecule has 1 N–H and O–H groups in total. The van der Waals surface area contributed by atoms with E-state index in [2.05, 4.69) is 20.3 Å². The van der Waals surface area contributed by atoms with Crippen molar-refractivity contribution in [1.82, 2.24) is 15.0 Å². The van der Waals surface area contributed by atoms with Crippen molar-refractivity contribution in [1.29, 1.82) is 0 Å².